The van der Waals surface area contributed by atoms with E-state index in [0.717, 1.165) is 25.7 Å². The normalized spacial score (nSPS) is 45.4. The van der Waals surface area contributed by atoms with Crippen LogP contribution in [-0.2, 0) is 9.53 Å². The second-order valence-corrected chi connectivity index (χ2v) is 7.10. The van der Waals surface area contributed by atoms with E-state index in [-0.39, 0.29) is 11.9 Å². The molecule has 1 saturated carbocycles. The number of esters is 1. The standard InChI is InChI=1S/C16H28N2O2/c1-18-12-6-7-14(18)15(16(19)20-2)13(9-12)10-4-3-5-11(17)8-10/h10-15H,3-9,17H2,1-2H3/t10?,11?,12-,13-,14?,15?/m1/s1. The number of hydrogen-bond acceptors (Lipinski definition) is 4. The fraction of sp³-hybridized carbons (Fsp3) is 0.938. The summed E-state index contributed by atoms with van der Waals surface area (Å²) < 4.78 is 5.14. The van der Waals surface area contributed by atoms with E-state index in [9.17, 15) is 4.79 Å². The van der Waals surface area contributed by atoms with E-state index in [1.807, 2.05) is 0 Å². The number of fused-ring (bicyclic) bond motifs is 2. The van der Waals surface area contributed by atoms with Crippen molar-refractivity contribution in [2.24, 2.45) is 23.5 Å². The third-order valence-corrected chi connectivity index (χ3v) is 6.15. The second-order valence-electron chi connectivity index (χ2n) is 7.10. The van der Waals surface area contributed by atoms with E-state index in [1.54, 1.807) is 0 Å². The molecule has 3 aliphatic rings. The fourth-order valence-electron chi connectivity index (χ4n) is 5.11. The van der Waals surface area contributed by atoms with Gasteiger partial charge in [-0.15, -0.1) is 0 Å². The summed E-state index contributed by atoms with van der Waals surface area (Å²) >= 11 is 0. The average molecular weight is 280 g/mol. The van der Waals surface area contributed by atoms with Crippen molar-refractivity contribution < 1.29 is 9.53 Å². The lowest BCUT2D eigenvalue weighted by molar-refractivity contribution is -0.154. The van der Waals surface area contributed by atoms with Crippen LogP contribution < -0.4 is 5.73 Å². The smallest absolute Gasteiger partial charge is 0.310 e. The molecule has 0 amide bonds. The van der Waals surface area contributed by atoms with Crippen LogP contribution in [0, 0.1) is 17.8 Å². The molecule has 6 atom stereocenters. The molecule has 2 N–H and O–H groups in total. The van der Waals surface area contributed by atoms with Crippen LogP contribution in [0.15, 0.2) is 0 Å². The molecule has 0 aromatic carbocycles. The number of ether oxygens (including phenoxy) is 1. The Hall–Kier alpha value is -0.610. The highest BCUT2D eigenvalue weighted by Gasteiger charge is 2.51. The minimum absolute atomic E-state index is 0.00587. The lowest BCUT2D eigenvalue weighted by atomic mass is 9.67. The zero-order valence-corrected chi connectivity index (χ0v) is 12.8. The van der Waals surface area contributed by atoms with E-state index in [0.29, 0.717) is 30.0 Å². The number of nitrogens with zero attached hydrogens (tertiary/aromatic N) is 1. The van der Waals surface area contributed by atoms with Gasteiger partial charge in [-0.25, -0.2) is 0 Å². The second kappa shape index (κ2) is 5.64. The third-order valence-electron chi connectivity index (χ3n) is 6.15. The van der Waals surface area contributed by atoms with E-state index >= 15 is 0 Å². The Morgan fingerprint density at radius 1 is 1.20 bits per heavy atom. The molecule has 2 saturated heterocycles. The summed E-state index contributed by atoms with van der Waals surface area (Å²) in [5.74, 6) is 1.19. The zero-order chi connectivity index (χ0) is 14.3. The van der Waals surface area contributed by atoms with Crippen molar-refractivity contribution in [3.63, 3.8) is 0 Å². The third kappa shape index (κ3) is 2.37. The molecule has 1 aliphatic carbocycles. The predicted molar refractivity (Wildman–Crippen MR) is 78.1 cm³/mol. The topological polar surface area (TPSA) is 55.6 Å². The first-order chi connectivity index (χ1) is 9.61. The van der Waals surface area contributed by atoms with Crippen molar-refractivity contribution in [1.82, 2.24) is 4.90 Å². The van der Waals surface area contributed by atoms with Gasteiger partial charge in [0.25, 0.3) is 0 Å². The average Bonchev–Trinajstić information content (AvgIpc) is 2.69. The SMILES string of the molecule is COC(=O)C1C2CC[C@H](C[C@@H]1C1CCCC(N)C1)N2C. The summed E-state index contributed by atoms with van der Waals surface area (Å²) in [5, 5.41) is 0. The first-order valence-corrected chi connectivity index (χ1v) is 8.17. The molecule has 0 aromatic heterocycles. The van der Waals surface area contributed by atoms with Gasteiger partial charge in [-0.1, -0.05) is 12.8 Å². The Bertz CT molecular complexity index is 373. The van der Waals surface area contributed by atoms with Gasteiger partial charge < -0.3 is 10.5 Å². The van der Waals surface area contributed by atoms with Gasteiger partial charge in [0.2, 0.25) is 0 Å². The highest BCUT2D eigenvalue weighted by molar-refractivity contribution is 5.74. The summed E-state index contributed by atoms with van der Waals surface area (Å²) in [6.07, 6.45) is 8.26. The first-order valence-electron chi connectivity index (χ1n) is 8.17. The van der Waals surface area contributed by atoms with Gasteiger partial charge in [0.05, 0.1) is 13.0 Å². The maximum absolute atomic E-state index is 12.4. The molecule has 114 valence electrons. The summed E-state index contributed by atoms with van der Waals surface area (Å²) in [4.78, 5) is 14.8. The number of nitrogens with two attached hydrogens (primary N) is 1. The number of carbonyl (C=O) groups excluding carboxylic acids is 1. The molecule has 20 heavy (non-hydrogen) atoms. The molecule has 4 nitrogen and oxygen atoms in total. The Balaban J connectivity index is 1.82. The number of rotatable bonds is 2. The zero-order valence-electron chi connectivity index (χ0n) is 12.8. The van der Waals surface area contributed by atoms with Crippen LogP contribution in [0.2, 0.25) is 0 Å². The highest BCUT2D eigenvalue weighted by atomic mass is 16.5. The van der Waals surface area contributed by atoms with Gasteiger partial charge in [0, 0.05) is 18.1 Å². The van der Waals surface area contributed by atoms with Crippen molar-refractivity contribution >= 4 is 5.97 Å². The van der Waals surface area contributed by atoms with Crippen LogP contribution in [0.1, 0.15) is 44.9 Å². The van der Waals surface area contributed by atoms with Gasteiger partial charge in [-0.2, -0.15) is 0 Å². The lowest BCUT2D eigenvalue weighted by Gasteiger charge is -2.46. The molecule has 0 aromatic rings. The van der Waals surface area contributed by atoms with E-state index < -0.39 is 0 Å². The lowest BCUT2D eigenvalue weighted by Crippen LogP contribution is -2.52. The van der Waals surface area contributed by atoms with Crippen molar-refractivity contribution in [3.8, 4) is 0 Å². The van der Waals surface area contributed by atoms with Crippen molar-refractivity contribution in [3.05, 3.63) is 0 Å². The van der Waals surface area contributed by atoms with Crippen LogP contribution in [-0.4, -0.2) is 43.2 Å². The van der Waals surface area contributed by atoms with E-state index in [1.165, 1.54) is 26.4 Å². The van der Waals surface area contributed by atoms with Gasteiger partial charge >= 0.3 is 5.97 Å². The summed E-state index contributed by atoms with van der Waals surface area (Å²) in [6, 6.07) is 1.40. The van der Waals surface area contributed by atoms with Gasteiger partial charge in [-0.3, -0.25) is 9.69 Å². The van der Waals surface area contributed by atoms with E-state index in [4.69, 9.17) is 10.5 Å². The van der Waals surface area contributed by atoms with Crippen LogP contribution in [0.25, 0.3) is 0 Å². The largest absolute Gasteiger partial charge is 0.469 e. The Kier molecular flexibility index (Phi) is 4.04. The molecule has 0 radical (unpaired) electrons. The van der Waals surface area contributed by atoms with Crippen LogP contribution in [0.4, 0.5) is 0 Å². The predicted octanol–water partition coefficient (Wildman–Crippen LogP) is 1.78. The number of methoxy groups -OCH3 is 1. The van der Waals surface area contributed by atoms with Gasteiger partial charge in [0.1, 0.15) is 0 Å². The van der Waals surface area contributed by atoms with Crippen molar-refractivity contribution in [1.29, 1.82) is 0 Å². The molecule has 0 spiro atoms. The minimum atomic E-state index is 0.00587. The number of carbonyl (C=O) groups is 1. The summed E-state index contributed by atoms with van der Waals surface area (Å²) in [6.45, 7) is 0. The molecule has 2 aliphatic heterocycles. The molecular weight excluding hydrogens is 252 g/mol. The number of piperidine rings is 1. The molecule has 3 fully saturated rings. The Morgan fingerprint density at radius 3 is 2.70 bits per heavy atom. The maximum Gasteiger partial charge on any atom is 0.310 e. The summed E-state index contributed by atoms with van der Waals surface area (Å²) in [5.41, 5.74) is 6.17. The first kappa shape index (κ1) is 14.3. The fourth-order valence-corrected chi connectivity index (χ4v) is 5.11. The molecule has 4 heteroatoms. The van der Waals surface area contributed by atoms with Gasteiger partial charge in [-0.05, 0) is 51.0 Å². The van der Waals surface area contributed by atoms with Crippen molar-refractivity contribution in [2.75, 3.05) is 14.2 Å². The van der Waals surface area contributed by atoms with Gasteiger partial charge in [0.15, 0.2) is 0 Å². The molecule has 3 rings (SSSR count). The molecule has 2 heterocycles. The Labute approximate surface area is 122 Å². The quantitative estimate of drug-likeness (QED) is 0.783. The maximum atomic E-state index is 12.4. The molecule has 4 unspecified atom stereocenters. The van der Waals surface area contributed by atoms with Crippen LogP contribution in [0.3, 0.4) is 0 Å². The molecule has 2 bridgehead atoms. The van der Waals surface area contributed by atoms with Crippen LogP contribution >= 0.6 is 0 Å². The Morgan fingerprint density at radius 2 is 2.00 bits per heavy atom. The van der Waals surface area contributed by atoms with Crippen LogP contribution in [0.5, 0.6) is 0 Å². The number of hydrogen-bond donors (Lipinski definition) is 1. The molecular formula is C16H28N2O2. The monoisotopic (exact) mass is 280 g/mol. The van der Waals surface area contributed by atoms with Crippen molar-refractivity contribution in [2.45, 2.75) is 63.1 Å². The minimum Gasteiger partial charge on any atom is -0.469 e. The van der Waals surface area contributed by atoms with E-state index in [2.05, 4.69) is 11.9 Å². The summed E-state index contributed by atoms with van der Waals surface area (Å²) in [7, 11) is 3.72. The highest BCUT2D eigenvalue weighted by Crippen LogP contribution is 2.47.